The maximum atomic E-state index is 12.9. The van der Waals surface area contributed by atoms with Crippen LogP contribution in [0.4, 0.5) is 0 Å². The van der Waals surface area contributed by atoms with E-state index in [2.05, 4.69) is 4.98 Å². The third-order valence-corrected chi connectivity index (χ3v) is 6.07. The van der Waals surface area contributed by atoms with Gasteiger partial charge in [-0.3, -0.25) is 14.6 Å². The number of aromatic nitrogens is 1. The van der Waals surface area contributed by atoms with Crippen molar-refractivity contribution in [2.45, 2.75) is 32.0 Å². The summed E-state index contributed by atoms with van der Waals surface area (Å²) in [5.74, 6) is 1.26. The number of hydrogen-bond acceptors (Lipinski definition) is 6. The van der Waals surface area contributed by atoms with Gasteiger partial charge in [0.05, 0.1) is 19.3 Å². The molecule has 0 saturated carbocycles. The molecule has 1 aromatic rings. The molecule has 1 atom stereocenters. The molecular weight excluding hydrogens is 390 g/mol. The first-order valence-electron chi connectivity index (χ1n) is 10.3. The lowest BCUT2D eigenvalue weighted by molar-refractivity contribution is -0.139. The highest BCUT2D eigenvalue weighted by Crippen LogP contribution is 2.19. The number of rotatable bonds is 8. The van der Waals surface area contributed by atoms with Crippen molar-refractivity contribution in [2.24, 2.45) is 5.92 Å². The van der Waals surface area contributed by atoms with Gasteiger partial charge in [-0.25, -0.2) is 0 Å². The number of hydrogen-bond donors (Lipinski definition) is 0. The standard InChI is InChI=1S/C21H31N3O4S/c1-29-11-6-20(25)24-14-19(28-16-18-2-7-22-8-3-18)13-23(21(26)15-24)12-17-4-9-27-10-5-17/h2-3,7-8,17,19H,4-6,9-16H2,1H3/t19-/m0/s1. The normalized spacial score (nSPS) is 21.3. The fourth-order valence-corrected chi connectivity index (χ4v) is 4.11. The Morgan fingerprint density at radius 3 is 2.76 bits per heavy atom. The van der Waals surface area contributed by atoms with Gasteiger partial charge in [0.15, 0.2) is 0 Å². The van der Waals surface area contributed by atoms with E-state index in [1.165, 1.54) is 0 Å². The number of carbonyl (C=O) groups is 2. The molecular formula is C21H31N3O4S. The molecule has 2 aliphatic rings. The van der Waals surface area contributed by atoms with Crippen LogP contribution >= 0.6 is 11.8 Å². The Labute approximate surface area is 177 Å². The summed E-state index contributed by atoms with van der Waals surface area (Å²) in [5, 5.41) is 0. The highest BCUT2D eigenvalue weighted by atomic mass is 32.2. The van der Waals surface area contributed by atoms with Gasteiger partial charge in [-0.1, -0.05) is 0 Å². The number of nitrogens with zero attached hydrogens (tertiary/aromatic N) is 3. The van der Waals surface area contributed by atoms with Crippen molar-refractivity contribution in [3.8, 4) is 0 Å². The maximum Gasteiger partial charge on any atom is 0.242 e. The van der Waals surface area contributed by atoms with Crippen LogP contribution in [-0.4, -0.2) is 84.1 Å². The molecule has 2 aliphatic heterocycles. The second-order valence-electron chi connectivity index (χ2n) is 7.66. The van der Waals surface area contributed by atoms with E-state index in [4.69, 9.17) is 9.47 Å². The van der Waals surface area contributed by atoms with Crippen LogP contribution in [0.5, 0.6) is 0 Å². The van der Waals surface area contributed by atoms with E-state index in [9.17, 15) is 9.59 Å². The van der Waals surface area contributed by atoms with Gasteiger partial charge in [-0.05, 0) is 42.7 Å². The molecule has 0 N–H and O–H groups in total. The topological polar surface area (TPSA) is 72.0 Å². The largest absolute Gasteiger partial charge is 0.381 e. The number of carbonyl (C=O) groups excluding carboxylic acids is 2. The van der Waals surface area contributed by atoms with E-state index in [0.717, 1.165) is 37.4 Å². The Balaban J connectivity index is 1.66. The average molecular weight is 422 g/mol. The van der Waals surface area contributed by atoms with Crippen LogP contribution in [0.25, 0.3) is 0 Å². The molecule has 0 radical (unpaired) electrons. The van der Waals surface area contributed by atoms with E-state index in [1.54, 1.807) is 29.1 Å². The van der Waals surface area contributed by atoms with Crippen LogP contribution in [0, 0.1) is 5.92 Å². The van der Waals surface area contributed by atoms with Gasteiger partial charge in [0.25, 0.3) is 0 Å². The molecule has 1 aromatic heterocycles. The van der Waals surface area contributed by atoms with Gasteiger partial charge >= 0.3 is 0 Å². The average Bonchev–Trinajstić information content (AvgIpc) is 2.91. The minimum Gasteiger partial charge on any atom is -0.381 e. The zero-order valence-electron chi connectivity index (χ0n) is 17.1. The molecule has 2 fully saturated rings. The maximum absolute atomic E-state index is 12.9. The molecule has 0 aromatic carbocycles. The molecule has 29 heavy (non-hydrogen) atoms. The van der Waals surface area contributed by atoms with Crippen molar-refractivity contribution < 1.29 is 19.1 Å². The molecule has 0 spiro atoms. The lowest BCUT2D eigenvalue weighted by Gasteiger charge is -2.30. The lowest BCUT2D eigenvalue weighted by Crippen LogP contribution is -2.42. The van der Waals surface area contributed by atoms with Gasteiger partial charge in [0, 0.05) is 57.4 Å². The SMILES string of the molecule is CSCCC(=O)N1CC(=O)N(CC2CCOCC2)C[C@H](OCc2ccncc2)C1. The molecule has 7 nitrogen and oxygen atoms in total. The molecule has 2 amide bonds. The lowest BCUT2D eigenvalue weighted by atomic mass is 9.99. The second kappa shape index (κ2) is 11.5. The first kappa shape index (κ1) is 22.1. The van der Waals surface area contributed by atoms with Gasteiger partial charge in [0.2, 0.25) is 11.8 Å². The molecule has 3 heterocycles. The monoisotopic (exact) mass is 421 g/mol. The third kappa shape index (κ3) is 6.97. The smallest absolute Gasteiger partial charge is 0.242 e. The number of amides is 2. The van der Waals surface area contributed by atoms with Crippen molar-refractivity contribution in [3.05, 3.63) is 30.1 Å². The minimum absolute atomic E-state index is 0.0176. The summed E-state index contributed by atoms with van der Waals surface area (Å²) in [7, 11) is 0. The molecule has 0 bridgehead atoms. The predicted octanol–water partition coefficient (Wildman–Crippen LogP) is 1.82. The van der Waals surface area contributed by atoms with E-state index in [1.807, 2.05) is 23.3 Å². The predicted molar refractivity (Wildman–Crippen MR) is 113 cm³/mol. The molecule has 0 unspecified atom stereocenters. The fraction of sp³-hybridized carbons (Fsp3) is 0.667. The summed E-state index contributed by atoms with van der Waals surface area (Å²) >= 11 is 1.64. The Hall–Kier alpha value is -1.64. The van der Waals surface area contributed by atoms with E-state index >= 15 is 0 Å². The summed E-state index contributed by atoms with van der Waals surface area (Å²) in [6, 6.07) is 3.84. The zero-order chi connectivity index (χ0) is 20.5. The van der Waals surface area contributed by atoms with Crippen molar-refractivity contribution in [1.29, 1.82) is 0 Å². The highest BCUT2D eigenvalue weighted by molar-refractivity contribution is 7.98. The minimum atomic E-state index is -0.201. The quantitative estimate of drug-likeness (QED) is 0.638. The zero-order valence-corrected chi connectivity index (χ0v) is 17.9. The van der Waals surface area contributed by atoms with E-state index in [-0.39, 0.29) is 24.5 Å². The van der Waals surface area contributed by atoms with Crippen LogP contribution in [0.15, 0.2) is 24.5 Å². The van der Waals surface area contributed by atoms with Crippen LogP contribution in [0.1, 0.15) is 24.8 Å². The van der Waals surface area contributed by atoms with Gasteiger partial charge in [-0.15, -0.1) is 0 Å². The number of pyridine rings is 1. The summed E-state index contributed by atoms with van der Waals surface area (Å²) in [4.78, 5) is 33.2. The third-order valence-electron chi connectivity index (χ3n) is 5.45. The molecule has 0 aliphatic carbocycles. The Morgan fingerprint density at radius 2 is 2.03 bits per heavy atom. The van der Waals surface area contributed by atoms with E-state index in [0.29, 0.717) is 38.6 Å². The Bertz CT molecular complexity index is 655. The van der Waals surface area contributed by atoms with Crippen LogP contribution in [0.3, 0.4) is 0 Å². The fourth-order valence-electron chi connectivity index (χ4n) is 3.73. The van der Waals surface area contributed by atoms with Crippen molar-refractivity contribution in [3.63, 3.8) is 0 Å². The molecule has 8 heteroatoms. The van der Waals surface area contributed by atoms with Crippen LogP contribution < -0.4 is 0 Å². The summed E-state index contributed by atoms with van der Waals surface area (Å²) in [5.41, 5.74) is 1.03. The molecule has 2 saturated heterocycles. The first-order valence-corrected chi connectivity index (χ1v) is 11.7. The number of thioether (sulfide) groups is 1. The second-order valence-corrected chi connectivity index (χ2v) is 8.65. The highest BCUT2D eigenvalue weighted by Gasteiger charge is 2.32. The van der Waals surface area contributed by atoms with E-state index < -0.39 is 0 Å². The van der Waals surface area contributed by atoms with Crippen LogP contribution in [-0.2, 0) is 25.7 Å². The van der Waals surface area contributed by atoms with Crippen molar-refractivity contribution in [1.82, 2.24) is 14.8 Å². The molecule has 3 rings (SSSR count). The molecule has 160 valence electrons. The first-order chi connectivity index (χ1) is 14.2. The van der Waals surface area contributed by atoms with Crippen LogP contribution in [0.2, 0.25) is 0 Å². The summed E-state index contributed by atoms with van der Waals surface area (Å²) in [6.45, 7) is 3.79. The van der Waals surface area contributed by atoms with Gasteiger partial charge in [0.1, 0.15) is 0 Å². The Kier molecular flexibility index (Phi) is 8.76. The van der Waals surface area contributed by atoms with Gasteiger partial charge < -0.3 is 19.3 Å². The Morgan fingerprint density at radius 1 is 1.28 bits per heavy atom. The summed E-state index contributed by atoms with van der Waals surface area (Å²) < 4.78 is 11.6. The van der Waals surface area contributed by atoms with Crippen molar-refractivity contribution >= 4 is 23.6 Å². The van der Waals surface area contributed by atoms with Gasteiger partial charge in [-0.2, -0.15) is 11.8 Å². The number of ether oxygens (including phenoxy) is 2. The summed E-state index contributed by atoms with van der Waals surface area (Å²) in [6.07, 6.45) is 7.66. The van der Waals surface area contributed by atoms with Crippen molar-refractivity contribution in [2.75, 3.05) is 51.4 Å².